The molecule has 116 valence electrons. The second kappa shape index (κ2) is 7.84. The summed E-state index contributed by atoms with van der Waals surface area (Å²) in [5, 5.41) is 4.54. The van der Waals surface area contributed by atoms with Crippen LogP contribution in [0.1, 0.15) is 13.3 Å². The molecule has 0 aliphatic heterocycles. The second-order valence-corrected chi connectivity index (χ2v) is 5.92. The maximum atomic E-state index is 12.4. The summed E-state index contributed by atoms with van der Waals surface area (Å²) in [5.41, 5.74) is 0. The number of carbonyl (C=O) groups excluding carboxylic acids is 2. The molecular weight excluding hydrogens is 298 g/mol. The van der Waals surface area contributed by atoms with Gasteiger partial charge in [-0.25, -0.2) is 4.79 Å². The van der Waals surface area contributed by atoms with Crippen LogP contribution >= 0.6 is 11.8 Å². The first-order valence-corrected chi connectivity index (χ1v) is 8.46. The summed E-state index contributed by atoms with van der Waals surface area (Å²) in [5.74, 6) is 0.624. The third-order valence-corrected chi connectivity index (χ3v) is 3.88. The van der Waals surface area contributed by atoms with Gasteiger partial charge in [0.15, 0.2) is 0 Å². The Morgan fingerprint density at radius 1 is 1.18 bits per heavy atom. The third kappa shape index (κ3) is 4.24. The Bertz CT molecular complexity index is 667. The Morgan fingerprint density at radius 3 is 2.64 bits per heavy atom. The summed E-state index contributed by atoms with van der Waals surface area (Å²) in [6.07, 6.45) is 2.51. The molecule has 0 spiro atoms. The van der Waals surface area contributed by atoms with Crippen LogP contribution in [0.15, 0.2) is 42.5 Å². The lowest BCUT2D eigenvalue weighted by Gasteiger charge is -2.17. The molecule has 2 aromatic rings. The van der Waals surface area contributed by atoms with Crippen molar-refractivity contribution in [3.8, 4) is 5.75 Å². The van der Waals surface area contributed by atoms with Gasteiger partial charge in [0.05, 0.1) is 0 Å². The molecule has 22 heavy (non-hydrogen) atoms. The van der Waals surface area contributed by atoms with E-state index in [0.29, 0.717) is 12.2 Å². The number of thioether (sulfide) groups is 1. The normalized spacial score (nSPS) is 11.9. The van der Waals surface area contributed by atoms with E-state index >= 15 is 0 Å². The molecule has 1 amide bonds. The second-order valence-electron chi connectivity index (χ2n) is 4.93. The molecule has 1 atom stereocenters. The van der Waals surface area contributed by atoms with Crippen molar-refractivity contribution in [2.45, 2.75) is 19.4 Å². The molecule has 0 aliphatic rings. The van der Waals surface area contributed by atoms with E-state index in [4.69, 9.17) is 4.74 Å². The highest BCUT2D eigenvalue weighted by Crippen LogP contribution is 2.25. The van der Waals surface area contributed by atoms with Crippen LogP contribution in [0.4, 0.5) is 0 Å². The van der Waals surface area contributed by atoms with Gasteiger partial charge in [0.25, 0.3) is 0 Å². The Labute approximate surface area is 134 Å². The summed E-state index contributed by atoms with van der Waals surface area (Å²) < 4.78 is 5.52. The number of carbonyl (C=O) groups is 2. The van der Waals surface area contributed by atoms with Gasteiger partial charge in [-0.1, -0.05) is 36.4 Å². The van der Waals surface area contributed by atoms with E-state index in [1.54, 1.807) is 17.8 Å². The maximum absolute atomic E-state index is 12.4. The Hall–Kier alpha value is -2.01. The summed E-state index contributed by atoms with van der Waals surface area (Å²) in [6.45, 7) is 1.40. The van der Waals surface area contributed by atoms with Crippen LogP contribution in [0.5, 0.6) is 5.75 Å². The predicted octanol–water partition coefficient (Wildman–Crippen LogP) is 3.00. The van der Waals surface area contributed by atoms with Crippen LogP contribution in [0.2, 0.25) is 0 Å². The molecule has 4 nitrogen and oxygen atoms in total. The van der Waals surface area contributed by atoms with E-state index in [1.165, 1.54) is 6.92 Å². The van der Waals surface area contributed by atoms with E-state index in [9.17, 15) is 9.59 Å². The highest BCUT2D eigenvalue weighted by Gasteiger charge is 2.21. The zero-order valence-electron chi connectivity index (χ0n) is 12.7. The molecule has 2 aromatic carbocycles. The Kier molecular flexibility index (Phi) is 5.83. The topological polar surface area (TPSA) is 55.4 Å². The lowest BCUT2D eigenvalue weighted by atomic mass is 10.1. The summed E-state index contributed by atoms with van der Waals surface area (Å²) in [4.78, 5) is 23.6. The molecule has 0 saturated heterocycles. The van der Waals surface area contributed by atoms with E-state index in [1.807, 2.05) is 42.7 Å². The highest BCUT2D eigenvalue weighted by atomic mass is 32.2. The SMILES string of the molecule is CSCC[C@@H](NC(C)=O)C(=O)Oc1cccc2ccccc12. The molecule has 0 fully saturated rings. The van der Waals surface area contributed by atoms with Gasteiger partial charge in [0.1, 0.15) is 11.8 Å². The van der Waals surface area contributed by atoms with E-state index in [-0.39, 0.29) is 5.91 Å². The van der Waals surface area contributed by atoms with Gasteiger partial charge in [-0.05, 0) is 29.9 Å². The fourth-order valence-electron chi connectivity index (χ4n) is 2.19. The maximum Gasteiger partial charge on any atom is 0.334 e. The van der Waals surface area contributed by atoms with Crippen molar-refractivity contribution >= 4 is 34.4 Å². The molecule has 0 aromatic heterocycles. The predicted molar refractivity (Wildman–Crippen MR) is 90.2 cm³/mol. The Balaban J connectivity index is 2.18. The van der Waals surface area contributed by atoms with E-state index in [0.717, 1.165) is 16.5 Å². The third-order valence-electron chi connectivity index (χ3n) is 3.23. The minimum atomic E-state index is -0.621. The number of hydrogen-bond donors (Lipinski definition) is 1. The number of esters is 1. The molecule has 0 radical (unpaired) electrons. The number of ether oxygens (including phenoxy) is 1. The highest BCUT2D eigenvalue weighted by molar-refractivity contribution is 7.98. The zero-order chi connectivity index (χ0) is 15.9. The molecule has 5 heteroatoms. The first-order valence-electron chi connectivity index (χ1n) is 7.07. The van der Waals surface area contributed by atoms with Gasteiger partial charge in [-0.2, -0.15) is 11.8 Å². The van der Waals surface area contributed by atoms with Crippen LogP contribution in [-0.2, 0) is 9.59 Å². The molecule has 0 aliphatic carbocycles. The number of nitrogens with one attached hydrogen (secondary N) is 1. The smallest absolute Gasteiger partial charge is 0.334 e. The summed E-state index contributed by atoms with van der Waals surface area (Å²) in [7, 11) is 0. The average molecular weight is 317 g/mol. The van der Waals surface area contributed by atoms with Crippen molar-refractivity contribution in [3.63, 3.8) is 0 Å². The first kappa shape index (κ1) is 16.4. The number of benzene rings is 2. The molecular formula is C17H19NO3S. The summed E-state index contributed by atoms with van der Waals surface area (Å²) in [6, 6.07) is 12.7. The van der Waals surface area contributed by atoms with Crippen LogP contribution in [0, 0.1) is 0 Å². The lowest BCUT2D eigenvalue weighted by Crippen LogP contribution is -2.42. The van der Waals surface area contributed by atoms with E-state index < -0.39 is 12.0 Å². The quantitative estimate of drug-likeness (QED) is 0.657. The lowest BCUT2D eigenvalue weighted by molar-refractivity contribution is -0.139. The van der Waals surface area contributed by atoms with Crippen molar-refractivity contribution in [2.24, 2.45) is 0 Å². The van der Waals surface area contributed by atoms with E-state index in [2.05, 4.69) is 5.32 Å². The largest absolute Gasteiger partial charge is 0.424 e. The van der Waals surface area contributed by atoms with Crippen LogP contribution in [-0.4, -0.2) is 29.9 Å². The molecule has 0 bridgehead atoms. The molecule has 0 heterocycles. The summed E-state index contributed by atoms with van der Waals surface area (Å²) >= 11 is 1.62. The van der Waals surface area contributed by atoms with Crippen molar-refractivity contribution in [2.75, 3.05) is 12.0 Å². The van der Waals surface area contributed by atoms with Crippen molar-refractivity contribution < 1.29 is 14.3 Å². The van der Waals surface area contributed by atoms with Crippen LogP contribution < -0.4 is 10.1 Å². The van der Waals surface area contributed by atoms with Gasteiger partial charge in [0.2, 0.25) is 5.91 Å². The van der Waals surface area contributed by atoms with Gasteiger partial charge in [-0.15, -0.1) is 0 Å². The van der Waals surface area contributed by atoms with Gasteiger partial charge in [-0.3, -0.25) is 4.79 Å². The van der Waals surface area contributed by atoms with Gasteiger partial charge >= 0.3 is 5.97 Å². The number of amides is 1. The fourth-order valence-corrected chi connectivity index (χ4v) is 2.67. The molecule has 1 N–H and O–H groups in total. The van der Waals surface area contributed by atoms with Crippen molar-refractivity contribution in [3.05, 3.63) is 42.5 Å². The monoisotopic (exact) mass is 317 g/mol. The first-order chi connectivity index (χ1) is 10.6. The number of hydrogen-bond acceptors (Lipinski definition) is 4. The van der Waals surface area contributed by atoms with Crippen LogP contribution in [0.25, 0.3) is 10.8 Å². The number of rotatable bonds is 6. The van der Waals surface area contributed by atoms with Gasteiger partial charge in [0, 0.05) is 12.3 Å². The van der Waals surface area contributed by atoms with Gasteiger partial charge < -0.3 is 10.1 Å². The van der Waals surface area contributed by atoms with Crippen LogP contribution in [0.3, 0.4) is 0 Å². The average Bonchev–Trinajstić information content (AvgIpc) is 2.51. The minimum Gasteiger partial charge on any atom is -0.424 e. The molecule has 0 saturated carbocycles. The molecule has 0 unspecified atom stereocenters. The molecule has 2 rings (SSSR count). The van der Waals surface area contributed by atoms with Crippen molar-refractivity contribution in [1.29, 1.82) is 0 Å². The minimum absolute atomic E-state index is 0.235. The fraction of sp³-hybridized carbons (Fsp3) is 0.294. The Morgan fingerprint density at radius 2 is 1.91 bits per heavy atom. The zero-order valence-corrected chi connectivity index (χ0v) is 13.5. The standard InChI is InChI=1S/C17H19NO3S/c1-12(19)18-15(10-11-22-2)17(20)21-16-9-5-7-13-6-3-4-8-14(13)16/h3-9,15H,10-11H2,1-2H3,(H,18,19)/t15-/m1/s1. The van der Waals surface area contributed by atoms with Crippen molar-refractivity contribution in [1.82, 2.24) is 5.32 Å². The number of fused-ring (bicyclic) bond motifs is 1.